The summed E-state index contributed by atoms with van der Waals surface area (Å²) < 4.78 is 26.4. The molecule has 2 heterocycles. The van der Waals surface area contributed by atoms with Crippen LogP contribution in [0.4, 0.5) is 4.39 Å². The van der Waals surface area contributed by atoms with E-state index in [1.54, 1.807) is 6.08 Å². The average molecular weight is 359 g/mol. The van der Waals surface area contributed by atoms with E-state index in [1.165, 1.54) is 5.56 Å². The second-order valence-corrected chi connectivity index (χ2v) is 8.59. The Balaban J connectivity index is 1.56. The summed E-state index contributed by atoms with van der Waals surface area (Å²) in [6.45, 7) is 10.8. The number of nitrogens with zero attached hydrogens (tertiary/aromatic N) is 1. The fourth-order valence-corrected chi connectivity index (χ4v) is 3.61. The van der Waals surface area contributed by atoms with Crippen LogP contribution in [0.3, 0.4) is 0 Å². The molecule has 2 aliphatic rings. The van der Waals surface area contributed by atoms with Crippen molar-refractivity contribution in [3.63, 3.8) is 0 Å². The second-order valence-electron chi connectivity index (χ2n) is 8.59. The first-order chi connectivity index (χ1) is 12.3. The lowest BCUT2D eigenvalue weighted by Gasteiger charge is -2.32. The van der Waals surface area contributed by atoms with Crippen molar-refractivity contribution in [3.05, 3.63) is 47.7 Å². The zero-order valence-corrected chi connectivity index (χ0v) is 16.5. The molecular weight excluding hydrogens is 328 g/mol. The Bertz CT molecular complexity index is 616. The summed E-state index contributed by atoms with van der Waals surface area (Å²) in [5, 5.41) is 0. The monoisotopic (exact) mass is 359 g/mol. The standard InChI is InChI=1S/C21H31BFNO2/c1-20(2)21(3,4)26-22(25-20)19(23)15-17-11-8-13-24(14-12-17)16-18-9-6-5-7-10-18/h5-7,9-10,15,17H,8,11-14,16H2,1-4H3. The zero-order valence-electron chi connectivity index (χ0n) is 16.5. The molecule has 5 heteroatoms. The predicted octanol–water partition coefficient (Wildman–Crippen LogP) is 4.77. The van der Waals surface area contributed by atoms with Gasteiger partial charge in [-0.2, -0.15) is 0 Å². The van der Waals surface area contributed by atoms with Gasteiger partial charge in [0.2, 0.25) is 0 Å². The lowest BCUT2D eigenvalue weighted by molar-refractivity contribution is 0.00578. The van der Waals surface area contributed by atoms with Crippen LogP contribution in [0, 0.1) is 5.92 Å². The quantitative estimate of drug-likeness (QED) is 0.723. The van der Waals surface area contributed by atoms with Crippen LogP contribution in [0.15, 0.2) is 42.1 Å². The number of allylic oxidation sites excluding steroid dienone is 1. The molecule has 0 N–H and O–H groups in total. The number of halogens is 1. The highest BCUT2D eigenvalue weighted by molar-refractivity contribution is 6.53. The Morgan fingerprint density at radius 2 is 1.77 bits per heavy atom. The van der Waals surface area contributed by atoms with Gasteiger partial charge < -0.3 is 9.31 Å². The molecule has 0 spiro atoms. The van der Waals surface area contributed by atoms with Crippen molar-refractivity contribution in [2.24, 2.45) is 5.92 Å². The average Bonchev–Trinajstić information content (AvgIpc) is 2.72. The highest BCUT2D eigenvalue weighted by atomic mass is 19.1. The van der Waals surface area contributed by atoms with E-state index in [4.69, 9.17) is 9.31 Å². The molecular formula is C21H31BFNO2. The summed E-state index contributed by atoms with van der Waals surface area (Å²) in [6, 6.07) is 10.5. The summed E-state index contributed by atoms with van der Waals surface area (Å²) in [6.07, 6.45) is 4.82. The minimum Gasteiger partial charge on any atom is -0.398 e. The lowest BCUT2D eigenvalue weighted by Crippen LogP contribution is -2.41. The first kappa shape index (κ1) is 19.6. The van der Waals surface area contributed by atoms with Gasteiger partial charge in [0.25, 0.3) is 0 Å². The van der Waals surface area contributed by atoms with E-state index >= 15 is 0 Å². The van der Waals surface area contributed by atoms with E-state index in [1.807, 2.05) is 33.8 Å². The van der Waals surface area contributed by atoms with Crippen LogP contribution in [-0.2, 0) is 15.9 Å². The molecule has 2 fully saturated rings. The molecule has 3 nitrogen and oxygen atoms in total. The first-order valence-electron chi connectivity index (χ1n) is 9.76. The molecule has 26 heavy (non-hydrogen) atoms. The van der Waals surface area contributed by atoms with Crippen LogP contribution in [-0.4, -0.2) is 36.3 Å². The maximum Gasteiger partial charge on any atom is 0.524 e. The largest absolute Gasteiger partial charge is 0.524 e. The van der Waals surface area contributed by atoms with Crippen LogP contribution in [0.5, 0.6) is 0 Å². The van der Waals surface area contributed by atoms with Gasteiger partial charge in [-0.1, -0.05) is 36.4 Å². The van der Waals surface area contributed by atoms with Gasteiger partial charge in [0.1, 0.15) is 5.73 Å². The molecule has 2 saturated heterocycles. The number of benzene rings is 1. The van der Waals surface area contributed by atoms with Gasteiger partial charge in [-0.3, -0.25) is 4.90 Å². The smallest absolute Gasteiger partial charge is 0.398 e. The van der Waals surface area contributed by atoms with E-state index in [0.717, 1.165) is 38.9 Å². The van der Waals surface area contributed by atoms with E-state index < -0.39 is 18.3 Å². The van der Waals surface area contributed by atoms with Crippen molar-refractivity contribution in [3.8, 4) is 0 Å². The van der Waals surface area contributed by atoms with Crippen LogP contribution >= 0.6 is 0 Å². The Hall–Kier alpha value is -1.17. The molecule has 1 aromatic rings. The molecule has 2 aliphatic heterocycles. The van der Waals surface area contributed by atoms with Crippen molar-refractivity contribution in [1.29, 1.82) is 0 Å². The van der Waals surface area contributed by atoms with Crippen molar-refractivity contribution in [2.75, 3.05) is 13.1 Å². The lowest BCUT2D eigenvalue weighted by atomic mass is 9.84. The minimum absolute atomic E-state index is 0.245. The molecule has 142 valence electrons. The third-order valence-corrected chi connectivity index (χ3v) is 5.99. The minimum atomic E-state index is -0.872. The van der Waals surface area contributed by atoms with Gasteiger partial charge in [0.15, 0.2) is 0 Å². The first-order valence-corrected chi connectivity index (χ1v) is 9.76. The molecule has 1 aromatic carbocycles. The van der Waals surface area contributed by atoms with Gasteiger partial charge in [-0.05, 0) is 71.5 Å². The maximum atomic E-state index is 14.8. The highest BCUT2D eigenvalue weighted by Crippen LogP contribution is 2.39. The van der Waals surface area contributed by atoms with Gasteiger partial charge >= 0.3 is 7.12 Å². The molecule has 1 unspecified atom stereocenters. The fraction of sp³-hybridized carbons (Fsp3) is 0.619. The number of hydrogen-bond acceptors (Lipinski definition) is 3. The van der Waals surface area contributed by atoms with Gasteiger partial charge in [0.05, 0.1) is 11.2 Å². The maximum absolute atomic E-state index is 14.8. The Morgan fingerprint density at radius 3 is 2.42 bits per heavy atom. The summed E-state index contributed by atoms with van der Waals surface area (Å²) in [4.78, 5) is 2.47. The van der Waals surface area contributed by atoms with Crippen molar-refractivity contribution < 1.29 is 13.7 Å². The molecule has 0 amide bonds. The predicted molar refractivity (Wildman–Crippen MR) is 104 cm³/mol. The summed E-state index contributed by atoms with van der Waals surface area (Å²) in [5.74, 6) is 0.245. The van der Waals surface area contributed by atoms with Crippen LogP contribution in [0.1, 0.15) is 52.5 Å². The molecule has 0 radical (unpaired) electrons. The molecule has 0 aromatic heterocycles. The van der Waals surface area contributed by atoms with Crippen LogP contribution in [0.2, 0.25) is 0 Å². The summed E-state index contributed by atoms with van der Waals surface area (Å²) >= 11 is 0. The van der Waals surface area contributed by atoms with Crippen molar-refractivity contribution >= 4 is 7.12 Å². The van der Waals surface area contributed by atoms with E-state index in [9.17, 15) is 4.39 Å². The van der Waals surface area contributed by atoms with Crippen LogP contribution in [0.25, 0.3) is 0 Å². The van der Waals surface area contributed by atoms with Crippen molar-refractivity contribution in [1.82, 2.24) is 4.90 Å². The van der Waals surface area contributed by atoms with Crippen LogP contribution < -0.4 is 0 Å². The second kappa shape index (κ2) is 7.83. The molecule has 3 rings (SSSR count). The summed E-state index contributed by atoms with van der Waals surface area (Å²) in [5.41, 5.74) is 0.0624. The topological polar surface area (TPSA) is 21.7 Å². The Morgan fingerprint density at radius 1 is 1.12 bits per heavy atom. The molecule has 0 aliphatic carbocycles. The van der Waals surface area contributed by atoms with E-state index in [2.05, 4.69) is 29.2 Å². The van der Waals surface area contributed by atoms with Gasteiger partial charge in [0, 0.05) is 6.54 Å². The Kier molecular flexibility index (Phi) is 5.90. The summed E-state index contributed by atoms with van der Waals surface area (Å²) in [7, 11) is -0.872. The van der Waals surface area contributed by atoms with E-state index in [-0.39, 0.29) is 11.6 Å². The zero-order chi connectivity index (χ0) is 18.8. The third-order valence-electron chi connectivity index (χ3n) is 5.99. The molecule has 1 atom stereocenters. The SMILES string of the molecule is CC1(C)OB(C(F)=CC2CCCN(Cc3ccccc3)CC2)OC1(C)C. The Labute approximate surface area is 157 Å². The molecule has 0 bridgehead atoms. The van der Waals surface area contributed by atoms with E-state index in [0.29, 0.717) is 0 Å². The fourth-order valence-electron chi connectivity index (χ4n) is 3.61. The number of rotatable bonds is 4. The number of hydrogen-bond donors (Lipinski definition) is 0. The number of likely N-dealkylation sites (tertiary alicyclic amines) is 1. The van der Waals surface area contributed by atoms with Gasteiger partial charge in [-0.25, -0.2) is 4.39 Å². The molecule has 0 saturated carbocycles. The van der Waals surface area contributed by atoms with Gasteiger partial charge in [-0.15, -0.1) is 0 Å². The normalized spacial score (nSPS) is 26.7. The third kappa shape index (κ3) is 4.57. The van der Waals surface area contributed by atoms with Crippen molar-refractivity contribution in [2.45, 2.75) is 64.7 Å². The highest BCUT2D eigenvalue weighted by Gasteiger charge is 2.53.